The number of aliphatic carboxylic acids is 1. The topological polar surface area (TPSA) is 122 Å². The summed E-state index contributed by atoms with van der Waals surface area (Å²) in [6, 6.07) is 3.64. The molecule has 1 amide bonds. The van der Waals surface area contributed by atoms with E-state index in [-0.39, 0.29) is 53.2 Å². The molecule has 0 spiro atoms. The van der Waals surface area contributed by atoms with Gasteiger partial charge in [-0.2, -0.15) is 0 Å². The van der Waals surface area contributed by atoms with Crippen LogP contribution in [0.15, 0.2) is 28.0 Å². The van der Waals surface area contributed by atoms with Gasteiger partial charge in [0.05, 0.1) is 23.0 Å². The summed E-state index contributed by atoms with van der Waals surface area (Å²) in [6.07, 6.45) is 4.51. The lowest BCUT2D eigenvalue weighted by molar-refractivity contribution is -0.148. The number of carbonyl (C=O) groups excluding carboxylic acids is 2. The van der Waals surface area contributed by atoms with Crippen molar-refractivity contribution in [3.63, 3.8) is 0 Å². The number of pyridine rings is 1. The Bertz CT molecular complexity index is 1350. The van der Waals surface area contributed by atoms with Crippen molar-refractivity contribution in [1.82, 2.24) is 14.3 Å². The van der Waals surface area contributed by atoms with E-state index in [1.807, 2.05) is 17.9 Å². The van der Waals surface area contributed by atoms with Crippen LogP contribution >= 0.6 is 24.0 Å². The Hall–Kier alpha value is -3.25. The smallest absolute Gasteiger partial charge is 0.309 e. The highest BCUT2D eigenvalue weighted by Crippen LogP contribution is 2.34. The average molecular weight is 545 g/mol. The number of carboxylic acids is 1. The number of carboxylic acid groups (broad SMARTS) is 1. The first-order valence-electron chi connectivity index (χ1n) is 12.1. The van der Waals surface area contributed by atoms with E-state index in [1.165, 1.54) is 15.4 Å². The van der Waals surface area contributed by atoms with Gasteiger partial charge in [-0.1, -0.05) is 30.0 Å². The number of aryl methyl sites for hydroxylation is 1. The number of nitrogens with zero attached hydrogens (tertiary/aromatic N) is 4. The first kappa shape index (κ1) is 26.8. The van der Waals surface area contributed by atoms with E-state index in [2.05, 4.69) is 0 Å². The van der Waals surface area contributed by atoms with Gasteiger partial charge < -0.3 is 14.7 Å². The lowest BCUT2D eigenvalue weighted by atomic mass is 9.96. The molecule has 2 aliphatic heterocycles. The molecule has 10 nitrogen and oxygen atoms in total. The van der Waals surface area contributed by atoms with Crippen LogP contribution in [-0.4, -0.2) is 67.8 Å². The van der Waals surface area contributed by atoms with Crippen LogP contribution in [0.5, 0.6) is 0 Å². The van der Waals surface area contributed by atoms with Gasteiger partial charge in [-0.25, -0.2) is 4.98 Å². The van der Waals surface area contributed by atoms with Crippen LogP contribution in [0.3, 0.4) is 0 Å². The molecule has 2 aromatic heterocycles. The third kappa shape index (κ3) is 5.69. The van der Waals surface area contributed by atoms with Crippen LogP contribution in [0.2, 0.25) is 0 Å². The number of aromatic nitrogens is 2. The molecular weight excluding hydrogens is 516 g/mol. The minimum atomic E-state index is -0.942. The van der Waals surface area contributed by atoms with Gasteiger partial charge in [-0.3, -0.25) is 28.5 Å². The molecule has 2 saturated heterocycles. The van der Waals surface area contributed by atoms with Crippen molar-refractivity contribution in [3.05, 3.63) is 44.7 Å². The summed E-state index contributed by atoms with van der Waals surface area (Å²) in [5.41, 5.74) is 1.31. The van der Waals surface area contributed by atoms with Gasteiger partial charge in [0, 0.05) is 32.3 Å². The van der Waals surface area contributed by atoms with E-state index in [1.54, 1.807) is 19.2 Å². The second-order valence-corrected chi connectivity index (χ2v) is 10.6. The maximum Gasteiger partial charge on any atom is 0.309 e. The fourth-order valence-electron chi connectivity index (χ4n) is 4.47. The molecule has 37 heavy (non-hydrogen) atoms. The number of carbonyl (C=O) groups is 3. The Morgan fingerprint density at radius 3 is 2.70 bits per heavy atom. The molecule has 4 rings (SSSR count). The molecule has 0 aromatic carbocycles. The average Bonchev–Trinajstić information content (AvgIpc) is 3.13. The minimum Gasteiger partial charge on any atom is -0.481 e. The quantitative estimate of drug-likeness (QED) is 0.302. The number of rotatable bonds is 8. The molecule has 0 aliphatic carbocycles. The Morgan fingerprint density at radius 2 is 2.03 bits per heavy atom. The highest BCUT2D eigenvalue weighted by Gasteiger charge is 2.33. The van der Waals surface area contributed by atoms with Gasteiger partial charge in [0.25, 0.3) is 11.5 Å². The molecular formula is C25H28N4O6S2. The van der Waals surface area contributed by atoms with Crippen molar-refractivity contribution in [1.29, 1.82) is 0 Å². The number of fused-ring (bicyclic) bond motifs is 1. The second-order valence-electron chi connectivity index (χ2n) is 8.88. The SMILES string of the molecule is CCOC(=O)C1CCN(c2nc3c(C)cccn3c(=O)c2/C=C2/SC(=S)N(CCCC(=O)O)C2=O)CC1. The van der Waals surface area contributed by atoms with Gasteiger partial charge in [-0.15, -0.1) is 0 Å². The lowest BCUT2D eigenvalue weighted by Crippen LogP contribution is -2.39. The molecule has 2 aromatic rings. The van der Waals surface area contributed by atoms with E-state index in [0.717, 1.165) is 17.3 Å². The second kappa shape index (κ2) is 11.4. The van der Waals surface area contributed by atoms with Crippen LogP contribution < -0.4 is 10.5 Å². The summed E-state index contributed by atoms with van der Waals surface area (Å²) in [6.45, 7) is 5.20. The van der Waals surface area contributed by atoms with Gasteiger partial charge in [0.2, 0.25) is 0 Å². The zero-order chi connectivity index (χ0) is 26.7. The highest BCUT2D eigenvalue weighted by atomic mass is 32.2. The fourth-order valence-corrected chi connectivity index (χ4v) is 5.76. The van der Waals surface area contributed by atoms with E-state index in [0.29, 0.717) is 48.3 Å². The first-order chi connectivity index (χ1) is 17.7. The van der Waals surface area contributed by atoms with Gasteiger partial charge in [-0.05, 0) is 50.8 Å². The molecule has 2 fully saturated rings. The van der Waals surface area contributed by atoms with Crippen molar-refractivity contribution in [3.8, 4) is 0 Å². The third-order valence-electron chi connectivity index (χ3n) is 6.40. The summed E-state index contributed by atoms with van der Waals surface area (Å²) in [7, 11) is 0. The lowest BCUT2D eigenvalue weighted by Gasteiger charge is -2.32. The molecule has 2 aliphatic rings. The van der Waals surface area contributed by atoms with Gasteiger partial charge in [0.15, 0.2) is 0 Å². The summed E-state index contributed by atoms with van der Waals surface area (Å²) < 4.78 is 6.96. The molecule has 196 valence electrons. The first-order valence-corrected chi connectivity index (χ1v) is 13.3. The van der Waals surface area contributed by atoms with E-state index >= 15 is 0 Å². The predicted molar refractivity (Wildman–Crippen MR) is 145 cm³/mol. The van der Waals surface area contributed by atoms with Crippen LogP contribution in [0.4, 0.5) is 5.82 Å². The summed E-state index contributed by atoms with van der Waals surface area (Å²) in [4.78, 5) is 58.3. The normalized spacial score (nSPS) is 17.7. The third-order valence-corrected chi connectivity index (χ3v) is 7.78. The Morgan fingerprint density at radius 1 is 1.30 bits per heavy atom. The number of amides is 1. The van der Waals surface area contributed by atoms with Crippen molar-refractivity contribution in [2.45, 2.75) is 39.5 Å². The summed E-state index contributed by atoms with van der Waals surface area (Å²) in [5.74, 6) is -1.26. The van der Waals surface area contributed by atoms with Crippen LogP contribution in [0.1, 0.15) is 43.7 Å². The minimum absolute atomic E-state index is 0.0721. The number of anilines is 1. The van der Waals surface area contributed by atoms with Gasteiger partial charge in [0.1, 0.15) is 15.8 Å². The van der Waals surface area contributed by atoms with Crippen molar-refractivity contribution in [2.75, 3.05) is 31.1 Å². The molecule has 12 heteroatoms. The Labute approximate surface area is 223 Å². The zero-order valence-corrected chi connectivity index (χ0v) is 22.3. The Kier molecular flexibility index (Phi) is 8.28. The largest absolute Gasteiger partial charge is 0.481 e. The van der Waals surface area contributed by atoms with Crippen LogP contribution in [-0.2, 0) is 19.1 Å². The van der Waals surface area contributed by atoms with Crippen molar-refractivity contribution in [2.24, 2.45) is 5.92 Å². The summed E-state index contributed by atoms with van der Waals surface area (Å²) >= 11 is 6.44. The van der Waals surface area contributed by atoms with E-state index < -0.39 is 5.97 Å². The zero-order valence-electron chi connectivity index (χ0n) is 20.6. The van der Waals surface area contributed by atoms with E-state index in [4.69, 9.17) is 27.0 Å². The number of hydrogen-bond donors (Lipinski definition) is 1. The van der Waals surface area contributed by atoms with Gasteiger partial charge >= 0.3 is 11.9 Å². The van der Waals surface area contributed by atoms with Crippen molar-refractivity contribution >= 4 is 63.7 Å². The number of hydrogen-bond acceptors (Lipinski definition) is 9. The molecule has 0 saturated carbocycles. The molecule has 1 N–H and O–H groups in total. The molecule has 0 unspecified atom stereocenters. The fraction of sp³-hybridized carbons (Fsp3) is 0.440. The van der Waals surface area contributed by atoms with Crippen molar-refractivity contribution < 1.29 is 24.2 Å². The highest BCUT2D eigenvalue weighted by molar-refractivity contribution is 8.26. The standard InChI is InChI=1S/C25H28N4O6S2/c1-3-35-24(34)16-8-12-27(13-9-16)21-17(22(32)28-10-4-6-15(2)20(28)26-21)14-18-23(33)29(25(36)37-18)11-5-7-19(30)31/h4,6,10,14,16H,3,5,7-9,11-13H2,1-2H3,(H,30,31)/b18-14+. The molecule has 0 bridgehead atoms. The number of thiocarbonyl (C=S) groups is 1. The maximum atomic E-state index is 13.7. The van der Waals surface area contributed by atoms with Crippen LogP contribution in [0.25, 0.3) is 11.7 Å². The molecule has 0 atom stereocenters. The Balaban J connectivity index is 1.70. The number of thioether (sulfide) groups is 1. The molecule has 4 heterocycles. The predicted octanol–water partition coefficient (Wildman–Crippen LogP) is 2.85. The maximum absolute atomic E-state index is 13.7. The molecule has 0 radical (unpaired) electrons. The number of esters is 1. The monoisotopic (exact) mass is 544 g/mol. The van der Waals surface area contributed by atoms with Crippen LogP contribution in [0, 0.1) is 12.8 Å². The summed E-state index contributed by atoms with van der Waals surface area (Å²) in [5, 5.41) is 8.90. The van der Waals surface area contributed by atoms with E-state index in [9.17, 15) is 19.2 Å². The number of ether oxygens (including phenoxy) is 1. The number of piperidine rings is 1.